The number of H-pyrrole nitrogens is 1. The number of nitrogens with one attached hydrogen (secondary N) is 3. The van der Waals surface area contributed by atoms with Crippen molar-refractivity contribution in [2.45, 2.75) is 31.9 Å². The Morgan fingerprint density at radius 1 is 1.24 bits per heavy atom. The van der Waals surface area contributed by atoms with E-state index < -0.39 is 0 Å². The summed E-state index contributed by atoms with van der Waals surface area (Å²) in [6.07, 6.45) is 1.67. The number of halogens is 1. The number of hydrogen-bond donors (Lipinski definition) is 3. The Morgan fingerprint density at radius 2 is 1.92 bits per heavy atom. The topological polar surface area (TPSA) is 83.2 Å². The van der Waals surface area contributed by atoms with Crippen LogP contribution in [0, 0.1) is 0 Å². The third-order valence-corrected chi connectivity index (χ3v) is 4.29. The van der Waals surface area contributed by atoms with E-state index in [4.69, 9.17) is 16.3 Å². The number of aromatic amines is 1. The molecule has 7 heteroatoms. The maximum absolute atomic E-state index is 12.2. The summed E-state index contributed by atoms with van der Waals surface area (Å²) in [4.78, 5) is 27.2. The van der Waals surface area contributed by atoms with E-state index in [0.717, 1.165) is 18.4 Å². The number of hydrogen-bond acceptors (Lipinski definition) is 3. The van der Waals surface area contributed by atoms with Crippen LogP contribution in [-0.4, -0.2) is 29.9 Å². The molecule has 0 spiro atoms. The zero-order valence-corrected chi connectivity index (χ0v) is 14.8. The summed E-state index contributed by atoms with van der Waals surface area (Å²) in [6, 6.07) is 9.08. The second-order valence-electron chi connectivity index (χ2n) is 6.06. The summed E-state index contributed by atoms with van der Waals surface area (Å²) >= 11 is 5.90. The molecule has 132 valence electrons. The molecular formula is C18H20ClN3O3. The van der Waals surface area contributed by atoms with E-state index in [1.54, 1.807) is 18.2 Å². The van der Waals surface area contributed by atoms with Gasteiger partial charge >= 0.3 is 0 Å². The van der Waals surface area contributed by atoms with Crippen molar-refractivity contribution in [3.05, 3.63) is 52.3 Å². The van der Waals surface area contributed by atoms with Gasteiger partial charge < -0.3 is 20.4 Å². The molecule has 1 aromatic heterocycles. The molecule has 0 aliphatic heterocycles. The Balaban J connectivity index is 1.82. The van der Waals surface area contributed by atoms with Crippen molar-refractivity contribution >= 4 is 23.4 Å². The van der Waals surface area contributed by atoms with Gasteiger partial charge in [0, 0.05) is 24.2 Å². The monoisotopic (exact) mass is 361 g/mol. The van der Waals surface area contributed by atoms with Gasteiger partial charge in [0.05, 0.1) is 0 Å². The standard InChI is InChI=1S/C18H20ClN3O3/c1-10(11-3-5-12(19)6-4-11)25-15-9-14(17(23)21-13-7-8-13)22-16(15)18(24)20-2/h3-6,9-10,13,22H,7-8H2,1-2H3,(H,20,24)(H,21,23)/t10-/m1/s1. The molecule has 1 fully saturated rings. The second kappa shape index (κ2) is 7.19. The lowest BCUT2D eigenvalue weighted by Gasteiger charge is -2.15. The van der Waals surface area contributed by atoms with Gasteiger partial charge in [0.1, 0.15) is 17.5 Å². The number of ether oxygens (including phenoxy) is 1. The third-order valence-electron chi connectivity index (χ3n) is 4.04. The highest BCUT2D eigenvalue weighted by molar-refractivity contribution is 6.30. The molecule has 6 nitrogen and oxygen atoms in total. The highest BCUT2D eigenvalue weighted by atomic mass is 35.5. The molecule has 2 aromatic rings. The van der Waals surface area contributed by atoms with Gasteiger partial charge in [-0.1, -0.05) is 23.7 Å². The number of aromatic nitrogens is 1. The first-order valence-electron chi connectivity index (χ1n) is 8.16. The first kappa shape index (κ1) is 17.4. The number of carbonyl (C=O) groups excluding carboxylic acids is 2. The smallest absolute Gasteiger partial charge is 0.271 e. The quantitative estimate of drug-likeness (QED) is 0.739. The van der Waals surface area contributed by atoms with Gasteiger partial charge in [0.25, 0.3) is 11.8 Å². The van der Waals surface area contributed by atoms with Crippen LogP contribution in [0.1, 0.15) is 52.4 Å². The van der Waals surface area contributed by atoms with Gasteiger partial charge in [0.15, 0.2) is 5.75 Å². The summed E-state index contributed by atoms with van der Waals surface area (Å²) in [7, 11) is 1.53. The molecule has 1 aliphatic rings. The van der Waals surface area contributed by atoms with Crippen LogP contribution in [0.25, 0.3) is 0 Å². The minimum Gasteiger partial charge on any atom is -0.484 e. The number of carbonyl (C=O) groups is 2. The zero-order chi connectivity index (χ0) is 18.0. The second-order valence-corrected chi connectivity index (χ2v) is 6.50. The molecule has 25 heavy (non-hydrogen) atoms. The van der Waals surface area contributed by atoms with Crippen LogP contribution < -0.4 is 15.4 Å². The van der Waals surface area contributed by atoms with Crippen molar-refractivity contribution < 1.29 is 14.3 Å². The fourth-order valence-electron chi connectivity index (χ4n) is 2.43. The molecule has 0 unspecified atom stereocenters. The van der Waals surface area contributed by atoms with Crippen LogP contribution in [0.4, 0.5) is 0 Å². The fraction of sp³-hybridized carbons (Fsp3) is 0.333. The minimum absolute atomic E-state index is 0.226. The average Bonchev–Trinajstić information content (AvgIpc) is 3.31. The summed E-state index contributed by atoms with van der Waals surface area (Å²) in [6.45, 7) is 1.87. The predicted octanol–water partition coefficient (Wildman–Crippen LogP) is 3.06. The molecule has 1 heterocycles. The summed E-state index contributed by atoms with van der Waals surface area (Å²) < 4.78 is 5.93. The maximum Gasteiger partial charge on any atom is 0.271 e. The van der Waals surface area contributed by atoms with Gasteiger partial charge in [-0.25, -0.2) is 0 Å². The molecule has 3 rings (SSSR count). The molecule has 1 saturated carbocycles. The molecular weight excluding hydrogens is 342 g/mol. The highest BCUT2D eigenvalue weighted by Gasteiger charge is 2.26. The van der Waals surface area contributed by atoms with Crippen molar-refractivity contribution in [2.75, 3.05) is 7.05 Å². The van der Waals surface area contributed by atoms with Gasteiger partial charge in [-0.15, -0.1) is 0 Å². The van der Waals surface area contributed by atoms with E-state index in [1.165, 1.54) is 7.05 Å². The van der Waals surface area contributed by atoms with Crippen LogP contribution in [0.2, 0.25) is 5.02 Å². The van der Waals surface area contributed by atoms with E-state index >= 15 is 0 Å². The summed E-state index contributed by atoms with van der Waals surface area (Å²) in [5.74, 6) is -0.242. The number of rotatable bonds is 6. The van der Waals surface area contributed by atoms with Crippen molar-refractivity contribution in [1.82, 2.24) is 15.6 Å². The van der Waals surface area contributed by atoms with Gasteiger partial charge in [-0.3, -0.25) is 9.59 Å². The van der Waals surface area contributed by atoms with E-state index in [0.29, 0.717) is 16.5 Å². The lowest BCUT2D eigenvalue weighted by molar-refractivity contribution is 0.0946. The first-order valence-corrected chi connectivity index (χ1v) is 8.53. The van der Waals surface area contributed by atoms with Crippen LogP contribution >= 0.6 is 11.6 Å². The number of benzene rings is 1. The Labute approximate surface area is 150 Å². The lowest BCUT2D eigenvalue weighted by atomic mass is 10.1. The Bertz CT molecular complexity index is 781. The van der Waals surface area contributed by atoms with E-state index in [1.807, 2.05) is 19.1 Å². The minimum atomic E-state index is -0.344. The van der Waals surface area contributed by atoms with Crippen molar-refractivity contribution in [3.8, 4) is 5.75 Å². The average molecular weight is 362 g/mol. The van der Waals surface area contributed by atoms with Crippen molar-refractivity contribution in [3.63, 3.8) is 0 Å². The van der Waals surface area contributed by atoms with Gasteiger partial charge in [-0.2, -0.15) is 0 Å². The summed E-state index contributed by atoms with van der Waals surface area (Å²) in [5.41, 5.74) is 1.45. The Morgan fingerprint density at radius 3 is 2.52 bits per heavy atom. The fourth-order valence-corrected chi connectivity index (χ4v) is 2.55. The van der Waals surface area contributed by atoms with Gasteiger partial charge in [0.2, 0.25) is 0 Å². The van der Waals surface area contributed by atoms with Crippen molar-refractivity contribution in [2.24, 2.45) is 0 Å². The predicted molar refractivity (Wildman–Crippen MR) is 95.2 cm³/mol. The molecule has 0 saturated heterocycles. The zero-order valence-electron chi connectivity index (χ0n) is 14.1. The molecule has 0 radical (unpaired) electrons. The normalized spacial score (nSPS) is 14.7. The Hall–Kier alpha value is -2.47. The van der Waals surface area contributed by atoms with E-state index in [2.05, 4.69) is 15.6 Å². The lowest BCUT2D eigenvalue weighted by Crippen LogP contribution is -2.26. The van der Waals surface area contributed by atoms with Crippen molar-refractivity contribution in [1.29, 1.82) is 0 Å². The van der Waals surface area contributed by atoms with Crippen LogP contribution in [-0.2, 0) is 0 Å². The van der Waals surface area contributed by atoms with Crippen LogP contribution in [0.5, 0.6) is 5.75 Å². The van der Waals surface area contributed by atoms with E-state index in [-0.39, 0.29) is 29.7 Å². The molecule has 2 amide bonds. The SMILES string of the molecule is CNC(=O)c1[nH]c(C(=O)NC2CC2)cc1O[C@H](C)c1ccc(Cl)cc1. The number of amides is 2. The molecule has 1 aromatic carbocycles. The largest absolute Gasteiger partial charge is 0.484 e. The summed E-state index contributed by atoms with van der Waals surface area (Å²) in [5, 5.41) is 6.08. The molecule has 3 N–H and O–H groups in total. The maximum atomic E-state index is 12.2. The molecule has 1 aliphatic carbocycles. The molecule has 0 bridgehead atoms. The van der Waals surface area contributed by atoms with Gasteiger partial charge in [-0.05, 0) is 37.5 Å². The highest BCUT2D eigenvalue weighted by Crippen LogP contribution is 2.28. The third kappa shape index (κ3) is 4.14. The molecule has 1 atom stereocenters. The first-order chi connectivity index (χ1) is 12.0. The Kier molecular flexibility index (Phi) is 4.99. The van der Waals surface area contributed by atoms with Crippen LogP contribution in [0.15, 0.2) is 30.3 Å². The van der Waals surface area contributed by atoms with E-state index in [9.17, 15) is 9.59 Å². The van der Waals surface area contributed by atoms with Crippen LogP contribution in [0.3, 0.4) is 0 Å².